The molecule has 2 aromatic heterocycles. The molecular formula is C24H20F3N3O5S. The minimum Gasteiger partial charge on any atom is -0.478 e. The van der Waals surface area contributed by atoms with E-state index in [0.717, 1.165) is 24.1 Å². The molecule has 1 atom stereocenters. The van der Waals surface area contributed by atoms with E-state index in [9.17, 15) is 27.6 Å². The number of esters is 1. The van der Waals surface area contributed by atoms with Gasteiger partial charge in [0.05, 0.1) is 23.2 Å². The van der Waals surface area contributed by atoms with Crippen LogP contribution in [-0.4, -0.2) is 32.7 Å². The molecule has 0 N–H and O–H groups in total. The Morgan fingerprint density at radius 2 is 1.83 bits per heavy atom. The minimum absolute atomic E-state index is 0.0841. The zero-order valence-electron chi connectivity index (χ0n) is 19.5. The summed E-state index contributed by atoms with van der Waals surface area (Å²) in [7, 11) is 2.21. The van der Waals surface area contributed by atoms with Crippen molar-refractivity contribution in [2.24, 2.45) is 7.05 Å². The number of aryl methyl sites for hydroxylation is 1. The lowest BCUT2D eigenvalue weighted by atomic mass is 10.0. The maximum Gasteiger partial charge on any atom is 0.431 e. The van der Waals surface area contributed by atoms with Crippen molar-refractivity contribution in [2.45, 2.75) is 26.1 Å². The third-order valence-electron chi connectivity index (χ3n) is 5.55. The first-order chi connectivity index (χ1) is 16.9. The highest BCUT2D eigenvalue weighted by Gasteiger charge is 2.35. The Hall–Kier alpha value is -3.93. The van der Waals surface area contributed by atoms with Gasteiger partial charge in [0.2, 0.25) is 0 Å². The molecule has 12 heteroatoms. The van der Waals surface area contributed by atoms with Gasteiger partial charge in [-0.2, -0.15) is 17.5 Å². The molecule has 36 heavy (non-hydrogen) atoms. The average molecular weight is 520 g/mol. The van der Waals surface area contributed by atoms with Gasteiger partial charge in [-0.15, -0.1) is 0 Å². The zero-order chi connectivity index (χ0) is 26.4. The number of fused-ring (bicyclic) bond motifs is 1. The standard InChI is InChI=1S/C24H20F3N3O5S/c1-12-5-7-15(17(9-12)35-13(2)22(32)34-4)21-16-10-14(6-8-18(16)36-28-21)30-20(31)11-19(24(25,26)27)29(3)23(30)33/h5-11,13H,1-4H3. The molecule has 0 fully saturated rings. The summed E-state index contributed by atoms with van der Waals surface area (Å²) in [5.74, 6) is -0.196. The van der Waals surface area contributed by atoms with Gasteiger partial charge in [0, 0.05) is 24.1 Å². The lowest BCUT2D eigenvalue weighted by Gasteiger charge is -2.16. The molecule has 0 aliphatic carbocycles. The fraction of sp³-hybridized carbons (Fsp3) is 0.250. The highest BCUT2D eigenvalue weighted by molar-refractivity contribution is 7.13. The van der Waals surface area contributed by atoms with Gasteiger partial charge in [0.1, 0.15) is 11.4 Å². The van der Waals surface area contributed by atoms with E-state index >= 15 is 0 Å². The number of carbonyl (C=O) groups is 1. The van der Waals surface area contributed by atoms with Crippen molar-refractivity contribution in [3.63, 3.8) is 0 Å². The van der Waals surface area contributed by atoms with E-state index in [2.05, 4.69) is 4.37 Å². The van der Waals surface area contributed by atoms with Crippen molar-refractivity contribution < 1.29 is 27.4 Å². The Balaban J connectivity index is 1.88. The number of alkyl halides is 3. The van der Waals surface area contributed by atoms with Crippen molar-refractivity contribution in [3.05, 3.63) is 74.6 Å². The summed E-state index contributed by atoms with van der Waals surface area (Å²) in [5.41, 5.74) is -1.63. The molecule has 0 spiro atoms. The fourth-order valence-electron chi connectivity index (χ4n) is 3.72. The number of benzene rings is 2. The summed E-state index contributed by atoms with van der Waals surface area (Å²) in [6, 6.07) is 10.3. The van der Waals surface area contributed by atoms with Crippen LogP contribution in [-0.2, 0) is 22.8 Å². The van der Waals surface area contributed by atoms with E-state index in [1.165, 1.54) is 19.2 Å². The molecule has 4 aromatic rings. The minimum atomic E-state index is -4.86. The number of methoxy groups -OCH3 is 1. The third-order valence-corrected chi connectivity index (χ3v) is 6.38. The van der Waals surface area contributed by atoms with Crippen molar-refractivity contribution in [3.8, 4) is 22.7 Å². The quantitative estimate of drug-likeness (QED) is 0.369. The van der Waals surface area contributed by atoms with Gasteiger partial charge in [0.25, 0.3) is 5.56 Å². The van der Waals surface area contributed by atoms with Crippen LogP contribution in [0.4, 0.5) is 13.2 Å². The molecule has 1 unspecified atom stereocenters. The monoisotopic (exact) mass is 519 g/mol. The number of rotatable bonds is 5. The van der Waals surface area contributed by atoms with Crippen molar-refractivity contribution >= 4 is 27.6 Å². The molecule has 2 heterocycles. The second kappa shape index (κ2) is 9.26. The van der Waals surface area contributed by atoms with Crippen LogP contribution >= 0.6 is 11.5 Å². The van der Waals surface area contributed by atoms with Crippen LogP contribution in [0.1, 0.15) is 18.2 Å². The molecule has 0 aliphatic heterocycles. The maximum atomic E-state index is 13.2. The van der Waals surface area contributed by atoms with Gasteiger partial charge in [-0.1, -0.05) is 6.07 Å². The second-order valence-corrected chi connectivity index (χ2v) is 8.84. The number of aromatic nitrogens is 3. The zero-order valence-corrected chi connectivity index (χ0v) is 20.4. The summed E-state index contributed by atoms with van der Waals surface area (Å²) in [6.45, 7) is 3.39. The first kappa shape index (κ1) is 25.2. The molecule has 188 valence electrons. The smallest absolute Gasteiger partial charge is 0.431 e. The number of nitrogens with zero attached hydrogens (tertiary/aromatic N) is 3. The fourth-order valence-corrected chi connectivity index (χ4v) is 4.49. The molecule has 2 aromatic carbocycles. The second-order valence-electron chi connectivity index (χ2n) is 8.04. The first-order valence-electron chi connectivity index (χ1n) is 10.6. The van der Waals surface area contributed by atoms with Crippen LogP contribution in [0.2, 0.25) is 0 Å². The third kappa shape index (κ3) is 4.51. The van der Waals surface area contributed by atoms with Gasteiger partial charge < -0.3 is 9.47 Å². The van der Waals surface area contributed by atoms with Gasteiger partial charge >= 0.3 is 17.8 Å². The van der Waals surface area contributed by atoms with Crippen molar-refractivity contribution in [2.75, 3.05) is 7.11 Å². The SMILES string of the molecule is COC(=O)C(C)Oc1cc(C)ccc1-c1nsc2ccc(-n3c(=O)cc(C(F)(F)F)n(C)c3=O)cc12. The predicted octanol–water partition coefficient (Wildman–Crippen LogP) is 4.08. The molecule has 0 radical (unpaired) electrons. The van der Waals surface area contributed by atoms with Gasteiger partial charge in [-0.3, -0.25) is 9.36 Å². The Morgan fingerprint density at radius 3 is 2.50 bits per heavy atom. The van der Waals surface area contributed by atoms with Crippen LogP contribution in [0.5, 0.6) is 5.75 Å². The Bertz CT molecular complexity index is 1600. The highest BCUT2D eigenvalue weighted by atomic mass is 32.1. The molecule has 4 rings (SSSR count). The first-order valence-corrected chi connectivity index (χ1v) is 11.3. The molecular weight excluding hydrogens is 499 g/mol. The molecule has 0 saturated carbocycles. The van der Waals surface area contributed by atoms with Crippen molar-refractivity contribution in [1.29, 1.82) is 0 Å². The Morgan fingerprint density at radius 1 is 1.11 bits per heavy atom. The topological polar surface area (TPSA) is 92.4 Å². The number of ether oxygens (including phenoxy) is 2. The van der Waals surface area contributed by atoms with Crippen LogP contribution in [0.3, 0.4) is 0 Å². The van der Waals surface area contributed by atoms with E-state index in [1.54, 1.807) is 25.1 Å². The number of hydrogen-bond donors (Lipinski definition) is 0. The van der Waals surface area contributed by atoms with Crippen LogP contribution in [0.25, 0.3) is 27.0 Å². The molecule has 0 amide bonds. The predicted molar refractivity (Wildman–Crippen MR) is 128 cm³/mol. The normalized spacial score (nSPS) is 12.5. The van der Waals surface area contributed by atoms with E-state index in [1.807, 2.05) is 13.0 Å². The summed E-state index contributed by atoms with van der Waals surface area (Å²) in [4.78, 5) is 37.2. The van der Waals surface area contributed by atoms with Crippen LogP contribution < -0.4 is 16.0 Å². The van der Waals surface area contributed by atoms with Crippen LogP contribution in [0.15, 0.2) is 52.1 Å². The van der Waals surface area contributed by atoms with Crippen LogP contribution in [0, 0.1) is 6.92 Å². The largest absolute Gasteiger partial charge is 0.478 e. The molecule has 0 bridgehead atoms. The number of hydrogen-bond acceptors (Lipinski definition) is 7. The maximum absolute atomic E-state index is 13.2. The average Bonchev–Trinajstić information content (AvgIpc) is 3.23. The summed E-state index contributed by atoms with van der Waals surface area (Å²) < 4.78 is 56.5. The van der Waals surface area contributed by atoms with E-state index in [4.69, 9.17) is 9.47 Å². The number of halogens is 3. The van der Waals surface area contributed by atoms with E-state index in [0.29, 0.717) is 42.3 Å². The lowest BCUT2D eigenvalue weighted by molar-refractivity contribution is -0.148. The molecule has 8 nitrogen and oxygen atoms in total. The molecule has 0 saturated heterocycles. The Labute approximate surface area is 206 Å². The summed E-state index contributed by atoms with van der Waals surface area (Å²) in [5, 5.41) is 0.547. The highest BCUT2D eigenvalue weighted by Crippen LogP contribution is 2.38. The Kier molecular flexibility index (Phi) is 6.48. The molecule has 0 aliphatic rings. The van der Waals surface area contributed by atoms with Gasteiger partial charge in [-0.05, 0) is 61.3 Å². The summed E-state index contributed by atoms with van der Waals surface area (Å²) in [6.07, 6.45) is -5.76. The number of carbonyl (C=O) groups excluding carboxylic acids is 1. The van der Waals surface area contributed by atoms with Crippen molar-refractivity contribution in [1.82, 2.24) is 13.5 Å². The summed E-state index contributed by atoms with van der Waals surface area (Å²) >= 11 is 1.16. The van der Waals surface area contributed by atoms with Gasteiger partial charge in [-0.25, -0.2) is 14.2 Å². The lowest BCUT2D eigenvalue weighted by Crippen LogP contribution is -2.40. The van der Waals surface area contributed by atoms with Gasteiger partial charge in [0.15, 0.2) is 6.10 Å². The van der Waals surface area contributed by atoms with E-state index in [-0.39, 0.29) is 5.69 Å². The van der Waals surface area contributed by atoms with E-state index < -0.39 is 35.2 Å².